The molecule has 0 aliphatic rings. The molecular weight excluding hydrogens is 278 g/mol. The number of imidazole rings is 1. The molecule has 7 heteroatoms. The summed E-state index contributed by atoms with van der Waals surface area (Å²) in [4.78, 5) is 7.62. The van der Waals surface area contributed by atoms with Crippen molar-refractivity contribution in [1.29, 1.82) is 0 Å². The number of hydrogen-bond acceptors (Lipinski definition) is 5. The topological polar surface area (TPSA) is 84.1 Å². The van der Waals surface area contributed by atoms with Crippen LogP contribution < -0.4 is 10.1 Å². The van der Waals surface area contributed by atoms with Gasteiger partial charge in [-0.25, -0.2) is 13.4 Å². The smallest absolute Gasteiger partial charge is 0.148 e. The molecule has 1 aromatic heterocycles. The standard InChI is InChI=1S/C13H19N3O3S/c1-9(8-20(3,17)18)14-7-13-15-11-5-4-10(19-2)6-12(11)16-13/h4-6,9,14H,7-8H2,1-3H3,(H,15,16)/t9-/m1/s1. The van der Waals surface area contributed by atoms with Crippen LogP contribution in [0.2, 0.25) is 0 Å². The van der Waals surface area contributed by atoms with Gasteiger partial charge in [-0.05, 0) is 19.1 Å². The summed E-state index contributed by atoms with van der Waals surface area (Å²) in [6.45, 7) is 2.33. The van der Waals surface area contributed by atoms with Crippen LogP contribution in [0.25, 0.3) is 11.0 Å². The van der Waals surface area contributed by atoms with E-state index in [-0.39, 0.29) is 11.8 Å². The lowest BCUT2D eigenvalue weighted by Gasteiger charge is -2.10. The van der Waals surface area contributed by atoms with Crippen molar-refractivity contribution >= 4 is 20.9 Å². The van der Waals surface area contributed by atoms with E-state index >= 15 is 0 Å². The normalized spacial score (nSPS) is 13.6. The molecular formula is C13H19N3O3S. The first kappa shape index (κ1) is 14.8. The number of methoxy groups -OCH3 is 1. The summed E-state index contributed by atoms with van der Waals surface area (Å²) in [5.41, 5.74) is 1.76. The summed E-state index contributed by atoms with van der Waals surface area (Å²) < 4.78 is 27.5. The Labute approximate surface area is 118 Å². The first-order valence-electron chi connectivity index (χ1n) is 6.31. The van der Waals surface area contributed by atoms with E-state index in [1.54, 1.807) is 7.11 Å². The lowest BCUT2D eigenvalue weighted by Crippen LogP contribution is -2.32. The van der Waals surface area contributed by atoms with Crippen LogP contribution in [-0.4, -0.2) is 43.5 Å². The maximum atomic E-state index is 11.2. The zero-order valence-electron chi connectivity index (χ0n) is 11.8. The molecule has 1 heterocycles. The van der Waals surface area contributed by atoms with Gasteiger partial charge in [0.15, 0.2) is 0 Å². The van der Waals surface area contributed by atoms with Crippen molar-refractivity contribution in [3.63, 3.8) is 0 Å². The summed E-state index contributed by atoms with van der Waals surface area (Å²) in [7, 11) is -1.35. The fourth-order valence-corrected chi connectivity index (χ4v) is 3.06. The molecule has 1 aromatic carbocycles. The number of nitrogens with one attached hydrogen (secondary N) is 2. The molecule has 0 amide bonds. The van der Waals surface area contributed by atoms with Gasteiger partial charge in [0.05, 0.1) is 30.4 Å². The summed E-state index contributed by atoms with van der Waals surface area (Å²) in [5.74, 6) is 1.65. The van der Waals surface area contributed by atoms with E-state index in [1.807, 2.05) is 25.1 Å². The zero-order chi connectivity index (χ0) is 14.8. The van der Waals surface area contributed by atoms with Gasteiger partial charge in [-0.1, -0.05) is 0 Å². The monoisotopic (exact) mass is 297 g/mol. The van der Waals surface area contributed by atoms with Crippen LogP contribution in [-0.2, 0) is 16.4 Å². The minimum atomic E-state index is -2.97. The fourth-order valence-electron chi connectivity index (χ4n) is 2.04. The Bertz CT molecular complexity index is 694. The predicted octanol–water partition coefficient (Wildman–Crippen LogP) is 1.09. The largest absolute Gasteiger partial charge is 0.497 e. The highest BCUT2D eigenvalue weighted by atomic mass is 32.2. The van der Waals surface area contributed by atoms with Gasteiger partial charge in [0.1, 0.15) is 21.4 Å². The number of aromatic nitrogens is 2. The van der Waals surface area contributed by atoms with Crippen molar-refractivity contribution in [1.82, 2.24) is 15.3 Å². The van der Waals surface area contributed by atoms with Crippen LogP contribution in [0.1, 0.15) is 12.7 Å². The van der Waals surface area contributed by atoms with Gasteiger partial charge >= 0.3 is 0 Å². The molecule has 2 N–H and O–H groups in total. The van der Waals surface area contributed by atoms with Crippen molar-refractivity contribution in [2.45, 2.75) is 19.5 Å². The third-order valence-corrected chi connectivity index (χ3v) is 4.01. The van der Waals surface area contributed by atoms with Crippen LogP contribution >= 0.6 is 0 Å². The SMILES string of the molecule is COc1ccc2nc(CN[C@H](C)CS(C)(=O)=O)[nH]c2c1. The lowest BCUT2D eigenvalue weighted by molar-refractivity contribution is 0.415. The molecule has 1 atom stereocenters. The first-order valence-corrected chi connectivity index (χ1v) is 8.37. The number of H-pyrrole nitrogens is 1. The van der Waals surface area contributed by atoms with Crippen molar-refractivity contribution < 1.29 is 13.2 Å². The van der Waals surface area contributed by atoms with Gasteiger partial charge in [-0.2, -0.15) is 0 Å². The number of rotatable bonds is 6. The Morgan fingerprint density at radius 1 is 1.45 bits per heavy atom. The van der Waals surface area contributed by atoms with Gasteiger partial charge in [0.25, 0.3) is 0 Å². The molecule has 20 heavy (non-hydrogen) atoms. The fraction of sp³-hybridized carbons (Fsp3) is 0.462. The summed E-state index contributed by atoms with van der Waals surface area (Å²) in [6.07, 6.45) is 1.23. The highest BCUT2D eigenvalue weighted by molar-refractivity contribution is 7.90. The van der Waals surface area contributed by atoms with Crippen molar-refractivity contribution in [2.24, 2.45) is 0 Å². The second-order valence-corrected chi connectivity index (χ2v) is 7.13. The Kier molecular flexibility index (Phi) is 4.29. The average Bonchev–Trinajstić information content (AvgIpc) is 2.75. The molecule has 0 saturated carbocycles. The first-order chi connectivity index (χ1) is 9.37. The Morgan fingerprint density at radius 3 is 2.85 bits per heavy atom. The van der Waals surface area contributed by atoms with Crippen molar-refractivity contribution in [2.75, 3.05) is 19.1 Å². The molecule has 0 bridgehead atoms. The highest BCUT2D eigenvalue weighted by Crippen LogP contribution is 2.18. The number of benzene rings is 1. The predicted molar refractivity (Wildman–Crippen MR) is 78.7 cm³/mol. The van der Waals surface area contributed by atoms with Crippen LogP contribution in [0.5, 0.6) is 5.75 Å². The van der Waals surface area contributed by atoms with Gasteiger partial charge in [0.2, 0.25) is 0 Å². The highest BCUT2D eigenvalue weighted by Gasteiger charge is 2.11. The summed E-state index contributed by atoms with van der Waals surface area (Å²) in [5, 5.41) is 3.14. The maximum absolute atomic E-state index is 11.2. The van der Waals surface area contributed by atoms with Gasteiger partial charge in [-0.3, -0.25) is 0 Å². The molecule has 0 aliphatic carbocycles. The number of aromatic amines is 1. The van der Waals surface area contributed by atoms with Gasteiger partial charge in [-0.15, -0.1) is 0 Å². The van der Waals surface area contributed by atoms with Crippen LogP contribution in [0.15, 0.2) is 18.2 Å². The molecule has 110 valence electrons. The van der Waals surface area contributed by atoms with Gasteiger partial charge < -0.3 is 15.0 Å². The van der Waals surface area contributed by atoms with Crippen LogP contribution in [0.3, 0.4) is 0 Å². The number of nitrogens with zero attached hydrogens (tertiary/aromatic N) is 1. The summed E-state index contributed by atoms with van der Waals surface area (Å²) in [6, 6.07) is 5.50. The molecule has 0 spiro atoms. The van der Waals surface area contributed by atoms with E-state index in [2.05, 4.69) is 15.3 Å². The molecule has 0 radical (unpaired) electrons. The molecule has 6 nitrogen and oxygen atoms in total. The quantitative estimate of drug-likeness (QED) is 0.834. The molecule has 2 aromatic rings. The summed E-state index contributed by atoms with van der Waals surface area (Å²) >= 11 is 0. The van der Waals surface area contributed by atoms with E-state index in [0.717, 1.165) is 22.6 Å². The number of hydrogen-bond donors (Lipinski definition) is 2. The minimum Gasteiger partial charge on any atom is -0.497 e. The van der Waals surface area contributed by atoms with Crippen molar-refractivity contribution in [3.05, 3.63) is 24.0 Å². The number of fused-ring (bicyclic) bond motifs is 1. The second-order valence-electron chi connectivity index (χ2n) is 4.94. The minimum absolute atomic E-state index is 0.112. The second kappa shape index (κ2) is 5.80. The molecule has 0 fully saturated rings. The molecule has 0 saturated heterocycles. The van der Waals surface area contributed by atoms with E-state index in [9.17, 15) is 8.42 Å². The molecule has 2 rings (SSSR count). The Balaban J connectivity index is 2.03. The molecule has 0 aliphatic heterocycles. The van der Waals surface area contributed by atoms with Crippen LogP contribution in [0, 0.1) is 0 Å². The molecule has 0 unspecified atom stereocenters. The zero-order valence-corrected chi connectivity index (χ0v) is 12.6. The third-order valence-electron chi connectivity index (χ3n) is 2.91. The van der Waals surface area contributed by atoms with E-state index < -0.39 is 9.84 Å². The maximum Gasteiger partial charge on any atom is 0.148 e. The number of sulfone groups is 1. The van der Waals surface area contributed by atoms with Crippen molar-refractivity contribution in [3.8, 4) is 5.75 Å². The number of ether oxygens (including phenoxy) is 1. The Hall–Kier alpha value is -1.60. The lowest BCUT2D eigenvalue weighted by atomic mass is 10.3. The average molecular weight is 297 g/mol. The van der Waals surface area contributed by atoms with Gasteiger partial charge in [0, 0.05) is 18.4 Å². The Morgan fingerprint density at radius 2 is 2.20 bits per heavy atom. The van der Waals surface area contributed by atoms with Crippen LogP contribution in [0.4, 0.5) is 0 Å². The van der Waals surface area contributed by atoms with E-state index in [1.165, 1.54) is 6.26 Å². The third kappa shape index (κ3) is 3.94. The van der Waals surface area contributed by atoms with E-state index in [0.29, 0.717) is 6.54 Å². The van der Waals surface area contributed by atoms with E-state index in [4.69, 9.17) is 4.74 Å².